The molecule has 0 aromatic carbocycles. The lowest BCUT2D eigenvalue weighted by Gasteiger charge is -2.14. The van der Waals surface area contributed by atoms with Gasteiger partial charge in [-0.3, -0.25) is 0 Å². The molecule has 1 aliphatic rings. The van der Waals surface area contributed by atoms with Crippen LogP contribution >= 0.6 is 0 Å². The molecule has 1 fully saturated rings. The van der Waals surface area contributed by atoms with Crippen molar-refractivity contribution in [3.8, 4) is 0 Å². The molecule has 1 heterocycles. The Hall–Kier alpha value is -1.34. The molecule has 1 saturated heterocycles. The average molecular weight is 246 g/mol. The highest BCUT2D eigenvalue weighted by atomic mass is 16.5. The molecule has 0 spiro atoms. The second kappa shape index (κ2) is 7.08. The molecule has 2 amide bonds. The predicted molar refractivity (Wildman–Crippen MR) is 58.6 cm³/mol. The van der Waals surface area contributed by atoms with E-state index in [0.717, 1.165) is 19.4 Å². The van der Waals surface area contributed by atoms with Gasteiger partial charge in [-0.15, -0.1) is 0 Å². The Morgan fingerprint density at radius 2 is 2.24 bits per heavy atom. The number of ether oxygens (including phenoxy) is 1. The number of carbonyl (C=O) groups excluding carboxylic acids is 1. The van der Waals surface area contributed by atoms with Crippen LogP contribution in [0.15, 0.2) is 0 Å². The third-order valence-corrected chi connectivity index (χ3v) is 2.56. The lowest BCUT2D eigenvalue weighted by atomic mass is 10.2. The number of aliphatic carboxylic acids is 1. The van der Waals surface area contributed by atoms with Crippen LogP contribution in [0.2, 0.25) is 0 Å². The summed E-state index contributed by atoms with van der Waals surface area (Å²) in [5.41, 5.74) is 0. The molecule has 7 heteroatoms. The second-order valence-corrected chi connectivity index (χ2v) is 3.90. The first-order valence-electron chi connectivity index (χ1n) is 5.63. The van der Waals surface area contributed by atoms with E-state index in [1.807, 2.05) is 0 Å². The SMILES string of the molecule is O=C(NCCC1CCCO1)NC(CO)C(=O)O. The number of rotatable bonds is 6. The number of carboxylic acid groups (broad SMARTS) is 1. The van der Waals surface area contributed by atoms with Gasteiger partial charge in [0.25, 0.3) is 0 Å². The van der Waals surface area contributed by atoms with Gasteiger partial charge in [-0.1, -0.05) is 0 Å². The first kappa shape index (κ1) is 13.7. The minimum Gasteiger partial charge on any atom is -0.480 e. The van der Waals surface area contributed by atoms with Crippen molar-refractivity contribution >= 4 is 12.0 Å². The van der Waals surface area contributed by atoms with Crippen molar-refractivity contribution in [2.75, 3.05) is 19.8 Å². The van der Waals surface area contributed by atoms with Crippen molar-refractivity contribution in [2.45, 2.75) is 31.4 Å². The molecule has 2 unspecified atom stereocenters. The van der Waals surface area contributed by atoms with E-state index in [1.165, 1.54) is 0 Å². The number of nitrogens with one attached hydrogen (secondary N) is 2. The summed E-state index contributed by atoms with van der Waals surface area (Å²) in [4.78, 5) is 21.8. The number of carboxylic acids is 1. The van der Waals surface area contributed by atoms with Crippen LogP contribution in [0.3, 0.4) is 0 Å². The molecule has 0 saturated carbocycles. The number of amides is 2. The Balaban J connectivity index is 2.13. The van der Waals surface area contributed by atoms with Gasteiger partial charge in [0.15, 0.2) is 6.04 Å². The van der Waals surface area contributed by atoms with Gasteiger partial charge in [-0.25, -0.2) is 9.59 Å². The fraction of sp³-hybridized carbons (Fsp3) is 0.800. The van der Waals surface area contributed by atoms with Gasteiger partial charge in [0, 0.05) is 13.2 Å². The minimum absolute atomic E-state index is 0.184. The van der Waals surface area contributed by atoms with Gasteiger partial charge >= 0.3 is 12.0 Å². The number of hydrogen-bond donors (Lipinski definition) is 4. The van der Waals surface area contributed by atoms with Crippen molar-refractivity contribution in [1.29, 1.82) is 0 Å². The van der Waals surface area contributed by atoms with E-state index >= 15 is 0 Å². The third-order valence-electron chi connectivity index (χ3n) is 2.56. The van der Waals surface area contributed by atoms with Gasteiger partial charge < -0.3 is 25.6 Å². The van der Waals surface area contributed by atoms with Crippen molar-refractivity contribution in [3.63, 3.8) is 0 Å². The van der Waals surface area contributed by atoms with E-state index in [-0.39, 0.29) is 6.10 Å². The zero-order valence-corrected chi connectivity index (χ0v) is 9.52. The lowest BCUT2D eigenvalue weighted by molar-refractivity contribution is -0.140. The largest absolute Gasteiger partial charge is 0.480 e. The normalized spacial score (nSPS) is 20.9. The highest BCUT2D eigenvalue weighted by Crippen LogP contribution is 2.14. The first-order valence-corrected chi connectivity index (χ1v) is 5.63. The van der Waals surface area contributed by atoms with E-state index < -0.39 is 24.6 Å². The summed E-state index contributed by atoms with van der Waals surface area (Å²) in [6.45, 7) is 0.561. The first-order chi connectivity index (χ1) is 8.13. The van der Waals surface area contributed by atoms with E-state index in [0.29, 0.717) is 13.0 Å². The molecule has 0 aromatic rings. The van der Waals surface area contributed by atoms with Crippen molar-refractivity contribution in [1.82, 2.24) is 10.6 Å². The molecule has 0 aliphatic carbocycles. The van der Waals surface area contributed by atoms with Crippen LogP contribution in [0.25, 0.3) is 0 Å². The molecule has 0 bridgehead atoms. The van der Waals surface area contributed by atoms with E-state index in [1.54, 1.807) is 0 Å². The molecular formula is C10H18N2O5. The second-order valence-electron chi connectivity index (χ2n) is 3.90. The maximum Gasteiger partial charge on any atom is 0.328 e. The summed E-state index contributed by atoms with van der Waals surface area (Å²) >= 11 is 0. The smallest absolute Gasteiger partial charge is 0.328 e. The van der Waals surface area contributed by atoms with Crippen LogP contribution in [-0.4, -0.2) is 54.1 Å². The number of hydrogen-bond acceptors (Lipinski definition) is 4. The third kappa shape index (κ3) is 5.01. The van der Waals surface area contributed by atoms with E-state index in [4.69, 9.17) is 14.9 Å². The van der Waals surface area contributed by atoms with E-state index in [2.05, 4.69) is 10.6 Å². The summed E-state index contributed by atoms with van der Waals surface area (Å²) in [7, 11) is 0. The molecule has 2 atom stereocenters. The average Bonchev–Trinajstić information content (AvgIpc) is 2.78. The van der Waals surface area contributed by atoms with Gasteiger partial charge in [0.2, 0.25) is 0 Å². The maximum absolute atomic E-state index is 11.3. The van der Waals surface area contributed by atoms with E-state index in [9.17, 15) is 9.59 Å². The van der Waals surface area contributed by atoms with Gasteiger partial charge in [0.1, 0.15) is 0 Å². The summed E-state index contributed by atoms with van der Waals surface area (Å²) in [5, 5.41) is 22.0. The quantitative estimate of drug-likeness (QED) is 0.495. The van der Waals surface area contributed by atoms with Crippen LogP contribution in [0.1, 0.15) is 19.3 Å². The van der Waals surface area contributed by atoms with Crippen molar-refractivity contribution < 1.29 is 24.5 Å². The lowest BCUT2D eigenvalue weighted by Crippen LogP contribution is -2.48. The Kier molecular flexibility index (Phi) is 5.71. The Labute approximate surface area is 99.1 Å². The Morgan fingerprint density at radius 1 is 1.47 bits per heavy atom. The minimum atomic E-state index is -1.27. The van der Waals surface area contributed by atoms with Gasteiger partial charge in [-0.05, 0) is 19.3 Å². The maximum atomic E-state index is 11.3. The monoisotopic (exact) mass is 246 g/mol. The Morgan fingerprint density at radius 3 is 2.76 bits per heavy atom. The number of aliphatic hydroxyl groups is 1. The van der Waals surface area contributed by atoms with Crippen LogP contribution < -0.4 is 10.6 Å². The molecule has 17 heavy (non-hydrogen) atoms. The van der Waals surface area contributed by atoms with Crippen LogP contribution in [0.4, 0.5) is 4.79 Å². The summed E-state index contributed by atoms with van der Waals surface area (Å²) in [5.74, 6) is -1.26. The molecule has 7 nitrogen and oxygen atoms in total. The summed E-state index contributed by atoms with van der Waals surface area (Å²) in [6.07, 6.45) is 2.94. The molecule has 0 radical (unpaired) electrons. The standard InChI is InChI=1S/C10H18N2O5/c13-6-8(9(14)15)12-10(16)11-4-3-7-2-1-5-17-7/h7-8,13H,1-6H2,(H,14,15)(H2,11,12,16). The predicted octanol–water partition coefficient (Wildman–Crippen LogP) is -0.700. The molecule has 4 N–H and O–H groups in total. The Bertz CT molecular complexity index is 265. The number of aliphatic hydroxyl groups excluding tert-OH is 1. The summed E-state index contributed by atoms with van der Waals surface area (Å²) < 4.78 is 5.37. The number of urea groups is 1. The van der Waals surface area contributed by atoms with Crippen molar-refractivity contribution in [3.05, 3.63) is 0 Å². The van der Waals surface area contributed by atoms with Crippen LogP contribution in [0.5, 0.6) is 0 Å². The molecule has 98 valence electrons. The van der Waals surface area contributed by atoms with Gasteiger partial charge in [-0.2, -0.15) is 0 Å². The fourth-order valence-corrected chi connectivity index (χ4v) is 1.61. The highest BCUT2D eigenvalue weighted by molar-refractivity contribution is 5.82. The molecular weight excluding hydrogens is 228 g/mol. The summed E-state index contributed by atoms with van der Waals surface area (Å²) in [6, 6.07) is -1.86. The molecule has 0 aromatic heterocycles. The fourth-order valence-electron chi connectivity index (χ4n) is 1.61. The molecule has 1 rings (SSSR count). The van der Waals surface area contributed by atoms with Crippen LogP contribution in [0, 0.1) is 0 Å². The molecule has 1 aliphatic heterocycles. The number of carbonyl (C=O) groups is 2. The topological polar surface area (TPSA) is 108 Å². The highest BCUT2D eigenvalue weighted by Gasteiger charge is 2.19. The van der Waals surface area contributed by atoms with Crippen LogP contribution in [-0.2, 0) is 9.53 Å². The zero-order chi connectivity index (χ0) is 12.7. The van der Waals surface area contributed by atoms with Crippen molar-refractivity contribution in [2.24, 2.45) is 0 Å². The van der Waals surface area contributed by atoms with Gasteiger partial charge in [0.05, 0.1) is 12.7 Å². The zero-order valence-electron chi connectivity index (χ0n) is 9.52.